The van der Waals surface area contributed by atoms with Crippen molar-refractivity contribution in [3.8, 4) is 0 Å². The van der Waals surface area contributed by atoms with Crippen molar-refractivity contribution in [2.45, 2.75) is 56.8 Å². The van der Waals surface area contributed by atoms with Gasteiger partial charge in [-0.2, -0.15) is 13.2 Å². The Kier molecular flexibility index (Phi) is 6.44. The molecule has 3 aromatic carbocycles. The first kappa shape index (κ1) is 25.2. The topological polar surface area (TPSA) is 46.5 Å². The molecule has 0 heterocycles. The fraction of sp³-hybridized carbons (Fsp3) is 0.321. The van der Waals surface area contributed by atoms with Crippen LogP contribution in [0.2, 0.25) is 5.04 Å². The van der Waals surface area contributed by atoms with E-state index in [1.165, 1.54) is 12.1 Å². The maximum Gasteiger partial charge on any atom is 0.398 e. The molecule has 0 atom stereocenters. The van der Waals surface area contributed by atoms with Crippen molar-refractivity contribution in [2.24, 2.45) is 0 Å². The van der Waals surface area contributed by atoms with E-state index in [1.807, 2.05) is 60.7 Å². The van der Waals surface area contributed by atoms with Crippen LogP contribution in [0.4, 0.5) is 13.2 Å². The first-order valence-corrected chi connectivity index (χ1v) is 13.5. The van der Waals surface area contributed by atoms with Gasteiger partial charge in [0.2, 0.25) is 0 Å². The summed E-state index contributed by atoms with van der Waals surface area (Å²) in [6.07, 6.45) is -4.50. The number of rotatable bonds is 7. The second-order valence-corrected chi connectivity index (χ2v) is 14.6. The van der Waals surface area contributed by atoms with Crippen LogP contribution in [0.25, 0.3) is 0 Å². The highest BCUT2D eigenvalue weighted by atomic mass is 28.4. The Labute approximate surface area is 204 Å². The first-order valence-electron chi connectivity index (χ1n) is 11.6. The second kappa shape index (κ2) is 8.95. The van der Waals surface area contributed by atoms with E-state index in [1.54, 1.807) is 0 Å². The summed E-state index contributed by atoms with van der Waals surface area (Å²) in [6.45, 7) is 6.35. The van der Waals surface area contributed by atoms with Gasteiger partial charge < -0.3 is 9.53 Å². The quantitative estimate of drug-likeness (QED) is 0.403. The summed E-state index contributed by atoms with van der Waals surface area (Å²) in [5.41, 5.74) is -1.68. The van der Waals surface area contributed by atoms with Gasteiger partial charge in [0.1, 0.15) is 0 Å². The Morgan fingerprint density at radius 2 is 1.43 bits per heavy atom. The molecule has 0 aromatic heterocycles. The number of carboxylic acid groups (broad SMARTS) is 1. The highest BCUT2D eigenvalue weighted by molar-refractivity contribution is 6.99. The monoisotopic (exact) mass is 498 g/mol. The van der Waals surface area contributed by atoms with Gasteiger partial charge in [-0.05, 0) is 51.5 Å². The van der Waals surface area contributed by atoms with Crippen molar-refractivity contribution in [3.63, 3.8) is 0 Å². The van der Waals surface area contributed by atoms with Crippen LogP contribution < -0.4 is 10.4 Å². The molecule has 1 aliphatic rings. The predicted octanol–water partition coefficient (Wildman–Crippen LogP) is 6.06. The number of hydrogen-bond donors (Lipinski definition) is 1. The van der Waals surface area contributed by atoms with Gasteiger partial charge in [-0.15, -0.1) is 0 Å². The lowest BCUT2D eigenvalue weighted by Crippen LogP contribution is -2.66. The molecule has 0 aliphatic heterocycles. The summed E-state index contributed by atoms with van der Waals surface area (Å²) in [5, 5.41) is 11.4. The van der Waals surface area contributed by atoms with E-state index in [4.69, 9.17) is 4.43 Å². The van der Waals surface area contributed by atoms with Gasteiger partial charge in [-0.25, -0.2) is 4.79 Å². The first-order chi connectivity index (χ1) is 16.4. The molecule has 0 saturated heterocycles. The largest absolute Gasteiger partial charge is 0.478 e. The lowest BCUT2D eigenvalue weighted by molar-refractivity contribution is -0.160. The van der Waals surface area contributed by atoms with Gasteiger partial charge in [-0.1, -0.05) is 87.5 Å². The summed E-state index contributed by atoms with van der Waals surface area (Å²) in [5.74, 6) is -1.25. The van der Waals surface area contributed by atoms with E-state index in [2.05, 4.69) is 20.8 Å². The van der Waals surface area contributed by atoms with E-state index in [-0.39, 0.29) is 35.6 Å². The molecule has 1 saturated carbocycles. The summed E-state index contributed by atoms with van der Waals surface area (Å²) in [6, 6.07) is 23.9. The van der Waals surface area contributed by atoms with E-state index >= 15 is 0 Å². The number of halogens is 3. The van der Waals surface area contributed by atoms with Crippen LogP contribution in [-0.4, -0.2) is 25.6 Å². The van der Waals surface area contributed by atoms with Crippen molar-refractivity contribution < 1.29 is 27.5 Å². The molecular weight excluding hydrogens is 469 g/mol. The van der Waals surface area contributed by atoms with E-state index in [0.29, 0.717) is 5.56 Å². The minimum absolute atomic E-state index is 0.00551. The molecule has 7 heteroatoms. The Bertz CT molecular complexity index is 1160. The van der Waals surface area contributed by atoms with E-state index in [0.717, 1.165) is 16.4 Å². The SMILES string of the molecule is CC(C)(C)[Si](OCc1cc(C(=O)O)cc(C2(C(F)(F)F)CC2)c1)(c1ccccc1)c1ccccc1. The number of aromatic carboxylic acids is 1. The Hall–Kier alpha value is -2.90. The van der Waals surface area contributed by atoms with Crippen LogP contribution in [0.5, 0.6) is 0 Å². The zero-order valence-corrected chi connectivity index (χ0v) is 21.0. The van der Waals surface area contributed by atoms with Crippen LogP contribution in [-0.2, 0) is 16.4 Å². The van der Waals surface area contributed by atoms with Crippen LogP contribution in [0.15, 0.2) is 78.9 Å². The van der Waals surface area contributed by atoms with Crippen molar-refractivity contribution in [2.75, 3.05) is 0 Å². The molecule has 184 valence electrons. The van der Waals surface area contributed by atoms with Crippen molar-refractivity contribution in [1.82, 2.24) is 0 Å². The van der Waals surface area contributed by atoms with Crippen molar-refractivity contribution in [1.29, 1.82) is 0 Å². The fourth-order valence-corrected chi connectivity index (χ4v) is 9.53. The van der Waals surface area contributed by atoms with Crippen LogP contribution in [0.3, 0.4) is 0 Å². The Balaban J connectivity index is 1.81. The smallest absolute Gasteiger partial charge is 0.398 e. The molecule has 35 heavy (non-hydrogen) atoms. The molecule has 4 rings (SSSR count). The average Bonchev–Trinajstić information content (AvgIpc) is 3.62. The van der Waals surface area contributed by atoms with Gasteiger partial charge in [-0.3, -0.25) is 0 Å². The molecular formula is C28H29F3O3Si. The van der Waals surface area contributed by atoms with Gasteiger partial charge in [0, 0.05) is 0 Å². The lowest BCUT2D eigenvalue weighted by Gasteiger charge is -2.43. The standard InChI is InChI=1S/C28H29F3O3Si/c1-26(2,3)35(23-10-6-4-7-11-23,24-12-8-5-9-13-24)34-19-20-16-21(25(32)33)18-22(17-20)27(14-15-27)28(29,30)31/h4-13,16-18H,14-15,19H2,1-3H3,(H,32,33). The summed E-state index contributed by atoms with van der Waals surface area (Å²) < 4.78 is 48.4. The highest BCUT2D eigenvalue weighted by Crippen LogP contribution is 2.59. The molecule has 0 amide bonds. The summed E-state index contributed by atoms with van der Waals surface area (Å²) in [4.78, 5) is 11.8. The highest BCUT2D eigenvalue weighted by Gasteiger charge is 2.64. The molecule has 3 nitrogen and oxygen atoms in total. The zero-order chi connectivity index (χ0) is 25.5. The normalized spacial score (nSPS) is 15.6. The third kappa shape index (κ3) is 4.55. The minimum Gasteiger partial charge on any atom is -0.478 e. The predicted molar refractivity (Wildman–Crippen MR) is 133 cm³/mol. The maximum absolute atomic E-state index is 13.8. The molecule has 0 spiro atoms. The molecule has 0 unspecified atom stereocenters. The average molecular weight is 499 g/mol. The lowest BCUT2D eigenvalue weighted by atomic mass is 9.92. The number of alkyl halides is 3. The molecule has 3 aromatic rings. The third-order valence-electron chi connectivity index (χ3n) is 6.96. The number of hydrogen-bond acceptors (Lipinski definition) is 2. The van der Waals surface area contributed by atoms with Crippen LogP contribution in [0, 0.1) is 0 Å². The third-order valence-corrected chi connectivity index (χ3v) is 11.9. The number of carboxylic acids is 1. The van der Waals surface area contributed by atoms with Gasteiger partial charge in [0.15, 0.2) is 0 Å². The molecule has 1 aliphatic carbocycles. The van der Waals surface area contributed by atoms with Crippen LogP contribution >= 0.6 is 0 Å². The van der Waals surface area contributed by atoms with Gasteiger partial charge in [0.25, 0.3) is 8.32 Å². The van der Waals surface area contributed by atoms with Crippen molar-refractivity contribution >= 4 is 24.7 Å². The summed E-state index contributed by atoms with van der Waals surface area (Å²) >= 11 is 0. The number of carbonyl (C=O) groups is 1. The summed E-state index contributed by atoms with van der Waals surface area (Å²) in [7, 11) is -2.93. The molecule has 0 bridgehead atoms. The van der Waals surface area contributed by atoms with E-state index < -0.39 is 25.9 Å². The van der Waals surface area contributed by atoms with Crippen molar-refractivity contribution in [3.05, 3.63) is 95.6 Å². The Morgan fingerprint density at radius 1 is 0.914 bits per heavy atom. The number of benzene rings is 3. The van der Waals surface area contributed by atoms with Gasteiger partial charge >= 0.3 is 12.1 Å². The van der Waals surface area contributed by atoms with E-state index in [9.17, 15) is 23.1 Å². The van der Waals surface area contributed by atoms with Gasteiger partial charge in [0.05, 0.1) is 17.6 Å². The maximum atomic E-state index is 13.8. The Morgan fingerprint density at radius 3 is 1.83 bits per heavy atom. The second-order valence-electron chi connectivity index (χ2n) is 10.3. The fourth-order valence-electron chi connectivity index (χ4n) is 4.99. The minimum atomic E-state index is -4.43. The molecule has 1 N–H and O–H groups in total. The zero-order valence-electron chi connectivity index (χ0n) is 20.0. The molecule has 0 radical (unpaired) electrons. The van der Waals surface area contributed by atoms with Crippen LogP contribution in [0.1, 0.15) is 55.1 Å². The molecule has 1 fully saturated rings.